The summed E-state index contributed by atoms with van der Waals surface area (Å²) in [7, 11) is 0. The van der Waals surface area contributed by atoms with Crippen molar-refractivity contribution in [1.82, 2.24) is 0 Å². The number of carboxylic acids is 3. The number of hydrogen-bond donors (Lipinski definition) is 0. The van der Waals surface area contributed by atoms with Crippen LogP contribution in [0.3, 0.4) is 0 Å². The van der Waals surface area contributed by atoms with Crippen molar-refractivity contribution in [3.05, 3.63) is 0 Å². The molecule has 0 aliphatic heterocycles. The fraction of sp³-hybridized carbons (Fsp3) is 0.571. The van der Waals surface area contributed by atoms with E-state index in [1.165, 1.54) is 6.92 Å². The Morgan fingerprint density at radius 2 is 0.875 bits per heavy atom. The molecule has 0 spiro atoms. The molecule has 9 heteroatoms. The molecule has 0 fully saturated rings. The standard InChI is InChI=1S/C3H6O2.2C2H4O2.3Na/c1-2-3(4)5;2*1-2(3)4;;;/h2H2,1H3,(H,4,5);2*1H3,(H,3,4);;;/q;;;3*+1/p-3. The summed E-state index contributed by atoms with van der Waals surface area (Å²) in [5.41, 5.74) is 0. The van der Waals surface area contributed by atoms with Gasteiger partial charge in [-0.2, -0.15) is 0 Å². The first-order valence-corrected chi connectivity index (χ1v) is 3.29. The quantitative estimate of drug-likeness (QED) is 0.431. The average Bonchev–Trinajstić information content (AvgIpc) is 1.84. The zero-order valence-corrected chi connectivity index (χ0v) is 16.7. The molecule has 0 aliphatic rings. The summed E-state index contributed by atoms with van der Waals surface area (Å²) in [5.74, 6) is -3.16. The third kappa shape index (κ3) is 275. The molecule has 0 aliphatic carbocycles. The fourth-order valence-electron chi connectivity index (χ4n) is 0. The first kappa shape index (κ1) is 36.0. The summed E-state index contributed by atoms with van der Waals surface area (Å²) in [4.78, 5) is 27.0. The molecule has 0 N–H and O–H groups in total. The van der Waals surface area contributed by atoms with Crippen LogP contribution in [0.4, 0.5) is 0 Å². The van der Waals surface area contributed by atoms with Crippen LogP contribution in [0.5, 0.6) is 0 Å². The van der Waals surface area contributed by atoms with Gasteiger partial charge >= 0.3 is 88.7 Å². The predicted molar refractivity (Wildman–Crippen MR) is 36.7 cm³/mol. The molecule has 0 heterocycles. The van der Waals surface area contributed by atoms with E-state index in [1.54, 1.807) is 0 Å². The molecule has 78 valence electrons. The summed E-state index contributed by atoms with van der Waals surface area (Å²) in [6.45, 7) is 3.48. The van der Waals surface area contributed by atoms with Crippen molar-refractivity contribution in [1.29, 1.82) is 0 Å². The van der Waals surface area contributed by atoms with Gasteiger partial charge in [-0.3, -0.25) is 0 Å². The Morgan fingerprint density at radius 3 is 0.875 bits per heavy atom. The molecule has 0 rings (SSSR count). The fourth-order valence-corrected chi connectivity index (χ4v) is 0. The average molecular weight is 260 g/mol. The molecule has 0 aromatic rings. The molecule has 0 amide bonds. The molecule has 0 atom stereocenters. The number of hydrogen-bond acceptors (Lipinski definition) is 6. The van der Waals surface area contributed by atoms with Crippen LogP contribution in [0.25, 0.3) is 0 Å². The van der Waals surface area contributed by atoms with Gasteiger partial charge in [0, 0.05) is 17.9 Å². The van der Waals surface area contributed by atoms with E-state index in [9.17, 15) is 9.90 Å². The Morgan fingerprint density at radius 1 is 0.812 bits per heavy atom. The first-order valence-electron chi connectivity index (χ1n) is 3.29. The molecular weight excluding hydrogens is 249 g/mol. The topological polar surface area (TPSA) is 120 Å². The van der Waals surface area contributed by atoms with Gasteiger partial charge in [0.2, 0.25) is 0 Å². The second kappa shape index (κ2) is 29.9. The van der Waals surface area contributed by atoms with Gasteiger partial charge < -0.3 is 29.7 Å². The predicted octanol–water partition coefficient (Wildman–Crippen LogP) is -12.3. The van der Waals surface area contributed by atoms with Crippen LogP contribution in [-0.4, -0.2) is 17.9 Å². The van der Waals surface area contributed by atoms with Crippen molar-refractivity contribution >= 4 is 17.9 Å². The van der Waals surface area contributed by atoms with Gasteiger partial charge in [0.15, 0.2) is 0 Å². The maximum absolute atomic E-state index is 9.26. The minimum Gasteiger partial charge on any atom is -0.550 e. The molecule has 6 nitrogen and oxygen atoms in total. The summed E-state index contributed by atoms with van der Waals surface area (Å²) in [6, 6.07) is 0. The second-order valence-corrected chi connectivity index (χ2v) is 1.71. The van der Waals surface area contributed by atoms with Crippen molar-refractivity contribution in [2.75, 3.05) is 0 Å². The molecular formula is C7H11Na3O6. The van der Waals surface area contributed by atoms with Gasteiger partial charge in [0.1, 0.15) is 0 Å². The van der Waals surface area contributed by atoms with Crippen molar-refractivity contribution in [2.24, 2.45) is 0 Å². The maximum Gasteiger partial charge on any atom is 1.00 e. The van der Waals surface area contributed by atoms with E-state index in [4.69, 9.17) is 19.8 Å². The monoisotopic (exact) mass is 260 g/mol. The SMILES string of the molecule is CC(=O)[O-].CC(=O)[O-].CCC(=O)[O-].[Na+].[Na+].[Na+]. The molecule has 16 heavy (non-hydrogen) atoms. The number of carboxylic acid groups (broad SMARTS) is 3. The minimum absolute atomic E-state index is 0. The summed E-state index contributed by atoms with van der Waals surface area (Å²) < 4.78 is 0. The summed E-state index contributed by atoms with van der Waals surface area (Å²) in [5, 5.41) is 27.0. The van der Waals surface area contributed by atoms with Crippen LogP contribution >= 0.6 is 0 Å². The van der Waals surface area contributed by atoms with E-state index in [2.05, 4.69) is 0 Å². The normalized spacial score (nSPS) is 5.44. The van der Waals surface area contributed by atoms with Gasteiger partial charge in [0.25, 0.3) is 0 Å². The van der Waals surface area contributed by atoms with E-state index in [-0.39, 0.29) is 95.1 Å². The summed E-state index contributed by atoms with van der Waals surface area (Å²) >= 11 is 0. The molecule has 0 saturated carbocycles. The van der Waals surface area contributed by atoms with E-state index in [0.717, 1.165) is 13.8 Å². The Balaban J connectivity index is -0.0000000216. The van der Waals surface area contributed by atoms with Crippen LogP contribution in [0.15, 0.2) is 0 Å². The number of carbonyl (C=O) groups is 3. The van der Waals surface area contributed by atoms with Crippen LogP contribution < -0.4 is 104 Å². The van der Waals surface area contributed by atoms with Gasteiger partial charge in [-0.1, -0.05) is 6.92 Å². The van der Waals surface area contributed by atoms with E-state index in [1.807, 2.05) is 0 Å². The van der Waals surface area contributed by atoms with Crippen LogP contribution in [0, 0.1) is 0 Å². The van der Waals surface area contributed by atoms with Crippen molar-refractivity contribution in [3.8, 4) is 0 Å². The molecule has 0 radical (unpaired) electrons. The number of carbonyl (C=O) groups excluding carboxylic acids is 3. The smallest absolute Gasteiger partial charge is 0.550 e. The van der Waals surface area contributed by atoms with E-state index in [0.29, 0.717) is 0 Å². The molecule has 0 aromatic carbocycles. The third-order valence-electron chi connectivity index (χ3n) is 0.289. The number of aliphatic carboxylic acids is 3. The Bertz CT molecular complexity index is 154. The van der Waals surface area contributed by atoms with Crippen molar-refractivity contribution < 1.29 is 118 Å². The van der Waals surface area contributed by atoms with E-state index >= 15 is 0 Å². The molecule has 0 bridgehead atoms. The van der Waals surface area contributed by atoms with Crippen LogP contribution in [0.2, 0.25) is 0 Å². The van der Waals surface area contributed by atoms with Crippen LogP contribution in [0.1, 0.15) is 27.2 Å². The Kier molecular flexibility index (Phi) is 67.4. The Hall–Kier alpha value is 1.41. The number of rotatable bonds is 1. The van der Waals surface area contributed by atoms with Gasteiger partial charge in [-0.15, -0.1) is 0 Å². The maximum atomic E-state index is 9.26. The minimum atomic E-state index is -1.08. The van der Waals surface area contributed by atoms with Crippen molar-refractivity contribution in [3.63, 3.8) is 0 Å². The zero-order chi connectivity index (χ0) is 11.4. The largest absolute Gasteiger partial charge is 1.00 e. The van der Waals surface area contributed by atoms with Gasteiger partial charge in [0.05, 0.1) is 0 Å². The first-order chi connectivity index (χ1) is 5.73. The van der Waals surface area contributed by atoms with Gasteiger partial charge in [-0.25, -0.2) is 0 Å². The molecule has 0 saturated heterocycles. The molecule has 0 unspecified atom stereocenters. The second-order valence-electron chi connectivity index (χ2n) is 1.71. The third-order valence-corrected chi connectivity index (χ3v) is 0.289. The van der Waals surface area contributed by atoms with Crippen LogP contribution in [-0.2, 0) is 14.4 Å². The van der Waals surface area contributed by atoms with E-state index < -0.39 is 17.9 Å². The van der Waals surface area contributed by atoms with Gasteiger partial charge in [-0.05, 0) is 20.3 Å². The van der Waals surface area contributed by atoms with Crippen molar-refractivity contribution in [2.45, 2.75) is 27.2 Å². The summed E-state index contributed by atoms with van der Waals surface area (Å²) in [6.07, 6.45) is 0.111. The zero-order valence-electron chi connectivity index (χ0n) is 10.7. The Labute approximate surface area is 161 Å². The molecule has 0 aromatic heterocycles.